The Morgan fingerprint density at radius 3 is 1.97 bits per heavy atom. The van der Waals surface area contributed by atoms with Gasteiger partial charge in [-0.25, -0.2) is 4.79 Å². The van der Waals surface area contributed by atoms with Crippen molar-refractivity contribution in [3.63, 3.8) is 0 Å². The van der Waals surface area contributed by atoms with Crippen LogP contribution in [0.1, 0.15) is 22.6 Å². The monoisotopic (exact) mass is 406 g/mol. The maximum atomic E-state index is 12.9. The molecular formula is C24H26N2O4. The third kappa shape index (κ3) is 5.37. The van der Waals surface area contributed by atoms with Crippen LogP contribution >= 0.6 is 0 Å². The second kappa shape index (κ2) is 10.4. The molecular weight excluding hydrogens is 380 g/mol. The Balaban J connectivity index is 1.67. The number of benzene rings is 3. The van der Waals surface area contributed by atoms with Gasteiger partial charge < -0.3 is 20.0 Å². The Morgan fingerprint density at radius 1 is 0.867 bits per heavy atom. The number of hydrogen-bond acceptors (Lipinski definition) is 6. The van der Waals surface area contributed by atoms with Crippen LogP contribution in [0, 0.1) is 0 Å². The van der Waals surface area contributed by atoms with E-state index in [0.29, 0.717) is 17.9 Å². The summed E-state index contributed by atoms with van der Waals surface area (Å²) in [4.78, 5) is 18.3. The van der Waals surface area contributed by atoms with Gasteiger partial charge in [-0.05, 0) is 28.8 Å². The molecule has 3 aromatic rings. The molecule has 0 spiro atoms. The van der Waals surface area contributed by atoms with Gasteiger partial charge in [-0.2, -0.15) is 0 Å². The Hall–Kier alpha value is -3.35. The van der Waals surface area contributed by atoms with E-state index in [4.69, 9.17) is 20.0 Å². The zero-order valence-electron chi connectivity index (χ0n) is 17.1. The van der Waals surface area contributed by atoms with Crippen LogP contribution in [0.15, 0.2) is 78.9 Å². The highest BCUT2D eigenvalue weighted by Gasteiger charge is 2.25. The van der Waals surface area contributed by atoms with Crippen molar-refractivity contribution in [2.75, 3.05) is 14.2 Å². The number of hydrogen-bond donors (Lipinski definition) is 2. The molecule has 0 aliphatic carbocycles. The number of nitrogens with two attached hydrogens (primary N) is 1. The summed E-state index contributed by atoms with van der Waals surface area (Å²) >= 11 is 0. The number of methoxy groups -OCH3 is 2. The lowest BCUT2D eigenvalue weighted by atomic mass is 9.91. The van der Waals surface area contributed by atoms with Gasteiger partial charge >= 0.3 is 5.97 Å². The van der Waals surface area contributed by atoms with Crippen LogP contribution in [-0.4, -0.2) is 26.4 Å². The van der Waals surface area contributed by atoms with Gasteiger partial charge in [0.25, 0.3) is 0 Å². The van der Waals surface area contributed by atoms with Crippen molar-refractivity contribution in [3.05, 3.63) is 95.6 Å². The van der Waals surface area contributed by atoms with Crippen molar-refractivity contribution in [1.82, 2.24) is 5.48 Å². The van der Waals surface area contributed by atoms with Gasteiger partial charge in [-0.1, -0.05) is 66.7 Å². The summed E-state index contributed by atoms with van der Waals surface area (Å²) in [6.45, 7) is 0. The second-order valence-electron chi connectivity index (χ2n) is 6.79. The number of carbonyl (C=O) groups excluding carboxylic acids is 1. The first-order valence-electron chi connectivity index (χ1n) is 9.65. The first-order valence-corrected chi connectivity index (χ1v) is 9.65. The van der Waals surface area contributed by atoms with E-state index >= 15 is 0 Å². The Kier molecular flexibility index (Phi) is 7.43. The van der Waals surface area contributed by atoms with Crippen molar-refractivity contribution < 1.29 is 19.1 Å². The Bertz CT molecular complexity index is 908. The highest BCUT2D eigenvalue weighted by Crippen LogP contribution is 2.28. The van der Waals surface area contributed by atoms with Crippen molar-refractivity contribution in [2.45, 2.75) is 18.5 Å². The molecule has 3 N–H and O–H groups in total. The third-order valence-electron chi connectivity index (χ3n) is 4.72. The number of rotatable bonds is 9. The summed E-state index contributed by atoms with van der Waals surface area (Å²) < 4.78 is 10.6. The minimum absolute atomic E-state index is 0.421. The maximum absolute atomic E-state index is 12.9. The molecule has 0 amide bonds. The van der Waals surface area contributed by atoms with E-state index in [2.05, 4.69) is 5.48 Å². The molecule has 156 valence electrons. The largest absolute Gasteiger partial charge is 0.493 e. The predicted molar refractivity (Wildman–Crippen MR) is 115 cm³/mol. The van der Waals surface area contributed by atoms with E-state index in [0.717, 1.165) is 16.7 Å². The predicted octanol–water partition coefficient (Wildman–Crippen LogP) is 3.41. The van der Waals surface area contributed by atoms with Crippen LogP contribution in [-0.2, 0) is 16.1 Å². The van der Waals surface area contributed by atoms with Crippen LogP contribution in [0.2, 0.25) is 0 Å². The standard InChI is InChI=1S/C24H26N2O4/c1-28-20-14-13-17(15-21(20)29-2)16-22(25)26-30-24(27)23(18-9-5-3-6-10-18)19-11-7-4-8-12-19/h3-15,22-23,26H,16,25H2,1-2H3/t22-/m0/s1. The number of hydroxylamine groups is 1. The van der Waals surface area contributed by atoms with Gasteiger partial charge in [0, 0.05) is 6.42 Å². The minimum atomic E-state index is -0.584. The lowest BCUT2D eigenvalue weighted by Crippen LogP contribution is -2.41. The summed E-state index contributed by atoms with van der Waals surface area (Å²) in [6, 6.07) is 24.6. The SMILES string of the molecule is COc1ccc(C[C@@H](N)NOC(=O)C(c2ccccc2)c2ccccc2)cc1OC. The maximum Gasteiger partial charge on any atom is 0.336 e. The van der Waals surface area contributed by atoms with Crippen LogP contribution in [0.25, 0.3) is 0 Å². The topological polar surface area (TPSA) is 82.8 Å². The zero-order valence-corrected chi connectivity index (χ0v) is 17.1. The van der Waals surface area contributed by atoms with Crippen molar-refractivity contribution in [3.8, 4) is 11.5 Å². The molecule has 0 heterocycles. The Morgan fingerprint density at radius 2 is 1.43 bits per heavy atom. The molecule has 0 fully saturated rings. The first-order chi connectivity index (χ1) is 14.6. The zero-order chi connectivity index (χ0) is 21.3. The van der Waals surface area contributed by atoms with Crippen LogP contribution in [0.4, 0.5) is 0 Å². The fourth-order valence-electron chi connectivity index (χ4n) is 3.25. The second-order valence-corrected chi connectivity index (χ2v) is 6.79. The molecule has 0 saturated heterocycles. The van der Waals surface area contributed by atoms with Gasteiger partial charge in [0.2, 0.25) is 0 Å². The molecule has 3 aromatic carbocycles. The van der Waals surface area contributed by atoms with Gasteiger partial charge in [0.1, 0.15) is 5.92 Å². The van der Waals surface area contributed by atoms with Crippen molar-refractivity contribution in [1.29, 1.82) is 0 Å². The van der Waals surface area contributed by atoms with Crippen molar-refractivity contribution in [2.24, 2.45) is 5.73 Å². The van der Waals surface area contributed by atoms with Gasteiger partial charge in [0.15, 0.2) is 11.5 Å². The summed E-state index contributed by atoms with van der Waals surface area (Å²) in [6.07, 6.45) is -0.145. The van der Waals surface area contributed by atoms with Crippen LogP contribution in [0.5, 0.6) is 11.5 Å². The summed E-state index contributed by atoms with van der Waals surface area (Å²) in [7, 11) is 3.16. The fraction of sp³-hybridized carbons (Fsp3) is 0.208. The highest BCUT2D eigenvalue weighted by molar-refractivity contribution is 5.82. The van der Waals surface area contributed by atoms with E-state index in [1.165, 1.54) is 0 Å². The molecule has 0 bridgehead atoms. The highest BCUT2D eigenvalue weighted by atomic mass is 16.7. The minimum Gasteiger partial charge on any atom is -0.493 e. The van der Waals surface area contributed by atoms with E-state index in [1.807, 2.05) is 78.9 Å². The fourth-order valence-corrected chi connectivity index (χ4v) is 3.25. The Labute approximate surface area is 176 Å². The first kappa shape index (κ1) is 21.4. The van der Waals surface area contributed by atoms with Crippen LogP contribution < -0.4 is 20.7 Å². The quantitative estimate of drug-likeness (QED) is 0.419. The normalized spacial score (nSPS) is 11.7. The smallest absolute Gasteiger partial charge is 0.336 e. The van der Waals surface area contributed by atoms with Crippen molar-refractivity contribution >= 4 is 5.97 Å². The van der Waals surface area contributed by atoms with E-state index in [-0.39, 0.29) is 0 Å². The lowest BCUT2D eigenvalue weighted by molar-refractivity contribution is -0.153. The molecule has 30 heavy (non-hydrogen) atoms. The van der Waals surface area contributed by atoms with E-state index < -0.39 is 18.1 Å². The summed E-state index contributed by atoms with van der Waals surface area (Å²) in [5.41, 5.74) is 11.4. The molecule has 1 atom stereocenters. The van der Waals surface area contributed by atoms with Gasteiger partial charge in [-0.15, -0.1) is 5.48 Å². The molecule has 0 aromatic heterocycles. The summed E-state index contributed by atoms with van der Waals surface area (Å²) in [5, 5.41) is 0. The summed E-state index contributed by atoms with van der Waals surface area (Å²) in [5.74, 6) is 0.290. The molecule has 6 nitrogen and oxygen atoms in total. The van der Waals surface area contributed by atoms with Gasteiger partial charge in [-0.3, -0.25) is 0 Å². The molecule has 3 rings (SSSR count). The number of nitrogens with one attached hydrogen (secondary N) is 1. The lowest BCUT2D eigenvalue weighted by Gasteiger charge is -2.19. The molecule has 0 aliphatic rings. The molecule has 0 aliphatic heterocycles. The van der Waals surface area contributed by atoms with E-state index in [1.54, 1.807) is 14.2 Å². The average molecular weight is 406 g/mol. The number of carbonyl (C=O) groups is 1. The van der Waals surface area contributed by atoms with E-state index in [9.17, 15) is 4.79 Å². The molecule has 0 saturated carbocycles. The van der Waals surface area contributed by atoms with Crippen LogP contribution in [0.3, 0.4) is 0 Å². The van der Waals surface area contributed by atoms with Gasteiger partial charge in [0.05, 0.1) is 20.4 Å². The molecule has 0 unspecified atom stereocenters. The molecule has 0 radical (unpaired) electrons. The average Bonchev–Trinajstić information content (AvgIpc) is 2.79. The molecule has 6 heteroatoms. The number of ether oxygens (including phenoxy) is 2. The third-order valence-corrected chi connectivity index (χ3v) is 4.72.